The van der Waals surface area contributed by atoms with Gasteiger partial charge in [-0.3, -0.25) is 0 Å². The fourth-order valence-corrected chi connectivity index (χ4v) is 1.68. The van der Waals surface area contributed by atoms with Crippen molar-refractivity contribution < 1.29 is 22.3 Å². The predicted octanol–water partition coefficient (Wildman–Crippen LogP) is 4.30. The van der Waals surface area contributed by atoms with E-state index < -0.39 is 17.6 Å². The highest BCUT2D eigenvalue weighted by Crippen LogP contribution is 2.31. The molecule has 0 aromatic heterocycles. The van der Waals surface area contributed by atoms with Gasteiger partial charge in [0.05, 0.1) is 11.1 Å². The number of rotatable bonds is 3. The van der Waals surface area contributed by atoms with Crippen LogP contribution >= 0.6 is 0 Å². The topological polar surface area (TPSA) is 33.0 Å². The summed E-state index contributed by atoms with van der Waals surface area (Å²) < 4.78 is 56.0. The summed E-state index contributed by atoms with van der Waals surface area (Å²) in [7, 11) is 0. The Balaban J connectivity index is 2.12. The number of nitrogens with zero attached hydrogens (tertiary/aromatic N) is 1. The molecular weight excluding hydrogens is 286 g/mol. The molecule has 0 heterocycles. The van der Waals surface area contributed by atoms with Crippen LogP contribution in [-0.4, -0.2) is 0 Å². The van der Waals surface area contributed by atoms with Gasteiger partial charge in [-0.05, 0) is 35.9 Å². The van der Waals surface area contributed by atoms with Crippen molar-refractivity contribution >= 4 is 0 Å². The number of hydrogen-bond acceptors (Lipinski definition) is 2. The zero-order valence-corrected chi connectivity index (χ0v) is 10.6. The molecule has 6 heteroatoms. The van der Waals surface area contributed by atoms with Crippen LogP contribution in [0, 0.1) is 17.1 Å². The maximum absolute atomic E-state index is 13.1. The Bertz CT molecular complexity index is 689. The van der Waals surface area contributed by atoms with Gasteiger partial charge in [0, 0.05) is 0 Å². The summed E-state index contributed by atoms with van der Waals surface area (Å²) in [5.74, 6) is -0.604. The van der Waals surface area contributed by atoms with Crippen molar-refractivity contribution in [3.05, 3.63) is 65.0 Å². The molecule has 0 spiro atoms. The average Bonchev–Trinajstić information content (AvgIpc) is 2.46. The van der Waals surface area contributed by atoms with Gasteiger partial charge >= 0.3 is 6.18 Å². The smallest absolute Gasteiger partial charge is 0.416 e. The molecule has 2 nitrogen and oxygen atoms in total. The molecule has 2 rings (SSSR count). The summed E-state index contributed by atoms with van der Waals surface area (Å²) in [5, 5.41) is 8.70. The summed E-state index contributed by atoms with van der Waals surface area (Å²) >= 11 is 0. The summed E-state index contributed by atoms with van der Waals surface area (Å²) in [5.41, 5.74) is -0.456. The van der Waals surface area contributed by atoms with Crippen LogP contribution in [0.25, 0.3) is 0 Å². The Morgan fingerprint density at radius 3 is 2.52 bits per heavy atom. The van der Waals surface area contributed by atoms with Gasteiger partial charge in [-0.15, -0.1) is 0 Å². The van der Waals surface area contributed by atoms with Gasteiger partial charge < -0.3 is 4.74 Å². The number of nitriles is 1. The molecule has 0 fully saturated rings. The molecule has 108 valence electrons. The van der Waals surface area contributed by atoms with Gasteiger partial charge in [-0.25, -0.2) is 4.39 Å². The van der Waals surface area contributed by atoms with Gasteiger partial charge in [0.15, 0.2) is 0 Å². The fourth-order valence-electron chi connectivity index (χ4n) is 1.68. The lowest BCUT2D eigenvalue weighted by Crippen LogP contribution is -2.05. The van der Waals surface area contributed by atoms with Crippen LogP contribution in [0.15, 0.2) is 42.5 Å². The Labute approximate surface area is 118 Å². The van der Waals surface area contributed by atoms with E-state index >= 15 is 0 Å². The third-order valence-corrected chi connectivity index (χ3v) is 2.72. The van der Waals surface area contributed by atoms with Crippen LogP contribution in [0.2, 0.25) is 0 Å². The maximum atomic E-state index is 13.1. The second kappa shape index (κ2) is 5.83. The standard InChI is InChI=1S/C15H9F4NO/c16-14-5-4-10(6-11(14)8-20)9-21-13-3-1-2-12(7-13)15(17,18)19/h1-7H,9H2. The quantitative estimate of drug-likeness (QED) is 0.791. The minimum absolute atomic E-state index is 0.0488. The van der Waals surface area contributed by atoms with Gasteiger partial charge in [0.2, 0.25) is 0 Å². The molecule has 0 amide bonds. The number of halogens is 4. The van der Waals surface area contributed by atoms with Crippen LogP contribution in [0.4, 0.5) is 17.6 Å². The summed E-state index contributed by atoms with van der Waals surface area (Å²) in [6, 6.07) is 9.96. The molecule has 0 saturated heterocycles. The highest BCUT2D eigenvalue weighted by molar-refractivity contribution is 5.35. The lowest BCUT2D eigenvalue weighted by atomic mass is 10.1. The SMILES string of the molecule is N#Cc1cc(COc2cccc(C(F)(F)F)c2)ccc1F. The van der Waals surface area contributed by atoms with E-state index in [1.54, 1.807) is 6.07 Å². The Morgan fingerprint density at radius 2 is 1.86 bits per heavy atom. The molecule has 0 radical (unpaired) electrons. The zero-order valence-electron chi connectivity index (χ0n) is 10.6. The molecule has 0 N–H and O–H groups in total. The Kier molecular flexibility index (Phi) is 4.13. The summed E-state index contributed by atoms with van der Waals surface area (Å²) in [6.07, 6.45) is -4.44. The van der Waals surface area contributed by atoms with E-state index in [2.05, 4.69) is 0 Å². The van der Waals surface area contributed by atoms with Gasteiger partial charge in [0.1, 0.15) is 24.2 Å². The van der Waals surface area contributed by atoms with Crippen molar-refractivity contribution in [2.75, 3.05) is 0 Å². The van der Waals surface area contributed by atoms with Crippen molar-refractivity contribution in [2.24, 2.45) is 0 Å². The molecule has 0 aliphatic carbocycles. The van der Waals surface area contributed by atoms with Gasteiger partial charge in [0.25, 0.3) is 0 Å². The zero-order chi connectivity index (χ0) is 15.5. The van der Waals surface area contributed by atoms with Crippen molar-refractivity contribution in [1.29, 1.82) is 5.26 Å². The molecule has 0 atom stereocenters. The largest absolute Gasteiger partial charge is 0.489 e. The van der Waals surface area contributed by atoms with E-state index in [1.165, 1.54) is 24.3 Å². The predicted molar refractivity (Wildman–Crippen MR) is 66.9 cm³/mol. The monoisotopic (exact) mass is 295 g/mol. The van der Waals surface area contributed by atoms with Crippen LogP contribution < -0.4 is 4.74 Å². The molecule has 21 heavy (non-hydrogen) atoms. The Morgan fingerprint density at radius 1 is 1.10 bits per heavy atom. The summed E-state index contributed by atoms with van der Waals surface area (Å²) in [6.45, 7) is -0.0593. The van der Waals surface area contributed by atoms with Gasteiger partial charge in [-0.2, -0.15) is 18.4 Å². The van der Waals surface area contributed by atoms with E-state index in [4.69, 9.17) is 10.00 Å². The number of alkyl halides is 3. The van der Waals surface area contributed by atoms with E-state index in [9.17, 15) is 17.6 Å². The van der Waals surface area contributed by atoms with Crippen molar-refractivity contribution in [2.45, 2.75) is 12.8 Å². The Hall–Kier alpha value is -2.55. The number of ether oxygens (including phenoxy) is 1. The van der Waals surface area contributed by atoms with Crippen LogP contribution in [0.1, 0.15) is 16.7 Å². The molecule has 2 aromatic carbocycles. The van der Waals surface area contributed by atoms with Gasteiger partial charge in [-0.1, -0.05) is 12.1 Å². The highest BCUT2D eigenvalue weighted by atomic mass is 19.4. The van der Waals surface area contributed by atoms with E-state index in [0.29, 0.717) is 5.56 Å². The van der Waals surface area contributed by atoms with Crippen molar-refractivity contribution in [3.8, 4) is 11.8 Å². The second-order valence-corrected chi connectivity index (χ2v) is 4.24. The molecule has 0 aliphatic rings. The lowest BCUT2D eigenvalue weighted by molar-refractivity contribution is -0.137. The summed E-state index contributed by atoms with van der Waals surface area (Å²) in [4.78, 5) is 0. The first-order valence-electron chi connectivity index (χ1n) is 5.89. The third kappa shape index (κ3) is 3.72. The minimum atomic E-state index is -4.44. The number of benzene rings is 2. The third-order valence-electron chi connectivity index (χ3n) is 2.72. The fraction of sp³-hybridized carbons (Fsp3) is 0.133. The normalized spacial score (nSPS) is 11.0. The second-order valence-electron chi connectivity index (χ2n) is 4.24. The van der Waals surface area contributed by atoms with Crippen LogP contribution in [0.3, 0.4) is 0 Å². The molecular formula is C15H9F4NO. The van der Waals surface area contributed by atoms with E-state index in [0.717, 1.165) is 18.2 Å². The minimum Gasteiger partial charge on any atom is -0.489 e. The van der Waals surface area contributed by atoms with Crippen LogP contribution in [-0.2, 0) is 12.8 Å². The van der Waals surface area contributed by atoms with Crippen molar-refractivity contribution in [1.82, 2.24) is 0 Å². The number of hydrogen-bond donors (Lipinski definition) is 0. The first kappa shape index (κ1) is 14.9. The molecule has 0 saturated carbocycles. The maximum Gasteiger partial charge on any atom is 0.416 e. The first-order valence-corrected chi connectivity index (χ1v) is 5.89. The van der Waals surface area contributed by atoms with E-state index in [-0.39, 0.29) is 17.9 Å². The first-order chi connectivity index (χ1) is 9.90. The lowest BCUT2D eigenvalue weighted by Gasteiger charge is -2.10. The average molecular weight is 295 g/mol. The van der Waals surface area contributed by atoms with E-state index in [1.807, 2.05) is 0 Å². The van der Waals surface area contributed by atoms with Crippen molar-refractivity contribution in [3.63, 3.8) is 0 Å². The van der Waals surface area contributed by atoms with Crippen LogP contribution in [0.5, 0.6) is 5.75 Å². The molecule has 0 unspecified atom stereocenters. The molecule has 0 bridgehead atoms. The molecule has 2 aromatic rings. The molecule has 0 aliphatic heterocycles. The highest BCUT2D eigenvalue weighted by Gasteiger charge is 2.30.